The van der Waals surface area contributed by atoms with E-state index in [2.05, 4.69) is 17.4 Å². The standard InChI is InChI=1S/C27H24N2O5/c30-25(29-14-18(15-29)26(31)32)24(17-8-2-1-3-9-17)28-27(33)34-16-23-21-12-6-4-10-19(21)20-11-5-7-13-22(20)23/h1-13,18,23-24H,14-16H2,(H,28,33)(H,31,32). The molecule has 3 aromatic rings. The predicted molar refractivity (Wildman–Crippen MR) is 125 cm³/mol. The molecule has 1 fully saturated rings. The second-order valence-corrected chi connectivity index (χ2v) is 8.59. The van der Waals surface area contributed by atoms with Crippen molar-refractivity contribution in [3.63, 3.8) is 0 Å². The molecule has 34 heavy (non-hydrogen) atoms. The molecule has 5 rings (SSSR count). The first kappa shape index (κ1) is 21.7. The van der Waals surface area contributed by atoms with Gasteiger partial charge in [-0.2, -0.15) is 0 Å². The number of aliphatic carboxylic acids is 1. The quantitative estimate of drug-likeness (QED) is 0.588. The molecule has 0 bridgehead atoms. The highest BCUT2D eigenvalue weighted by Gasteiger charge is 2.39. The van der Waals surface area contributed by atoms with Crippen LogP contribution in [0, 0.1) is 5.92 Å². The highest BCUT2D eigenvalue weighted by molar-refractivity contribution is 5.89. The number of hydrogen-bond donors (Lipinski definition) is 2. The second-order valence-electron chi connectivity index (χ2n) is 8.59. The number of carboxylic acids is 1. The Bertz CT molecular complexity index is 1190. The lowest BCUT2D eigenvalue weighted by atomic mass is 9.97. The van der Waals surface area contributed by atoms with E-state index in [4.69, 9.17) is 9.84 Å². The Hall–Kier alpha value is -4.13. The lowest BCUT2D eigenvalue weighted by Crippen LogP contribution is -2.56. The number of nitrogens with zero attached hydrogens (tertiary/aromatic N) is 1. The van der Waals surface area contributed by atoms with Crippen LogP contribution in [0.3, 0.4) is 0 Å². The van der Waals surface area contributed by atoms with Crippen LogP contribution >= 0.6 is 0 Å². The maximum Gasteiger partial charge on any atom is 0.408 e. The topological polar surface area (TPSA) is 95.9 Å². The van der Waals surface area contributed by atoms with E-state index in [0.29, 0.717) is 5.56 Å². The van der Waals surface area contributed by atoms with E-state index in [1.54, 1.807) is 24.3 Å². The molecule has 1 atom stereocenters. The minimum absolute atomic E-state index is 0.0873. The summed E-state index contributed by atoms with van der Waals surface area (Å²) < 4.78 is 5.62. The number of nitrogens with one attached hydrogen (secondary N) is 1. The van der Waals surface area contributed by atoms with Crippen molar-refractivity contribution in [1.29, 1.82) is 0 Å². The van der Waals surface area contributed by atoms with Crippen molar-refractivity contribution in [1.82, 2.24) is 10.2 Å². The first-order valence-corrected chi connectivity index (χ1v) is 11.2. The fourth-order valence-electron chi connectivity index (χ4n) is 4.69. The summed E-state index contributed by atoms with van der Waals surface area (Å²) >= 11 is 0. The molecule has 1 aliphatic heterocycles. The molecular weight excluding hydrogens is 432 g/mol. The maximum absolute atomic E-state index is 13.1. The molecule has 2 aliphatic rings. The predicted octanol–water partition coefficient (Wildman–Crippen LogP) is 3.81. The van der Waals surface area contributed by atoms with E-state index in [9.17, 15) is 14.4 Å². The Morgan fingerprint density at radius 2 is 1.44 bits per heavy atom. The van der Waals surface area contributed by atoms with Crippen LogP contribution in [0.2, 0.25) is 0 Å². The Balaban J connectivity index is 1.29. The molecule has 0 radical (unpaired) electrons. The summed E-state index contributed by atoms with van der Waals surface area (Å²) in [5.74, 6) is -1.94. The Morgan fingerprint density at radius 1 is 0.882 bits per heavy atom. The summed E-state index contributed by atoms with van der Waals surface area (Å²) in [6, 6.07) is 24.1. The third-order valence-corrected chi connectivity index (χ3v) is 6.53. The average molecular weight is 456 g/mol. The Labute approximate surface area is 197 Å². The lowest BCUT2D eigenvalue weighted by Gasteiger charge is -2.38. The second kappa shape index (κ2) is 9.02. The Morgan fingerprint density at radius 3 is 2.03 bits per heavy atom. The van der Waals surface area contributed by atoms with E-state index in [1.807, 2.05) is 42.5 Å². The molecule has 7 heteroatoms. The van der Waals surface area contributed by atoms with Crippen molar-refractivity contribution in [2.45, 2.75) is 12.0 Å². The zero-order chi connectivity index (χ0) is 23.7. The minimum atomic E-state index is -0.952. The van der Waals surface area contributed by atoms with Gasteiger partial charge in [0.15, 0.2) is 0 Å². The van der Waals surface area contributed by atoms with Gasteiger partial charge in [0.25, 0.3) is 0 Å². The van der Waals surface area contributed by atoms with Crippen LogP contribution in [0.25, 0.3) is 11.1 Å². The number of likely N-dealkylation sites (tertiary alicyclic amines) is 1. The van der Waals surface area contributed by atoms with Crippen molar-refractivity contribution in [3.8, 4) is 11.1 Å². The van der Waals surface area contributed by atoms with Crippen molar-refractivity contribution in [2.75, 3.05) is 19.7 Å². The third-order valence-electron chi connectivity index (χ3n) is 6.53. The molecule has 1 saturated heterocycles. The van der Waals surface area contributed by atoms with E-state index >= 15 is 0 Å². The van der Waals surface area contributed by atoms with E-state index in [-0.39, 0.29) is 31.5 Å². The first-order chi connectivity index (χ1) is 16.5. The molecule has 1 heterocycles. The number of rotatable bonds is 6. The average Bonchev–Trinajstić information content (AvgIpc) is 3.14. The van der Waals surface area contributed by atoms with Gasteiger partial charge in [-0.1, -0.05) is 78.9 Å². The van der Waals surface area contributed by atoms with Crippen molar-refractivity contribution in [2.24, 2.45) is 5.92 Å². The van der Waals surface area contributed by atoms with Gasteiger partial charge in [-0.15, -0.1) is 0 Å². The van der Waals surface area contributed by atoms with Crippen LogP contribution in [0.4, 0.5) is 4.79 Å². The fourth-order valence-corrected chi connectivity index (χ4v) is 4.69. The number of hydrogen-bond acceptors (Lipinski definition) is 4. The van der Waals surface area contributed by atoms with Crippen LogP contribution < -0.4 is 5.32 Å². The highest BCUT2D eigenvalue weighted by atomic mass is 16.5. The molecule has 0 aromatic heterocycles. The number of carboxylic acid groups (broad SMARTS) is 1. The van der Waals surface area contributed by atoms with E-state index in [1.165, 1.54) is 4.90 Å². The number of amides is 2. The number of fused-ring (bicyclic) bond motifs is 3. The summed E-state index contributed by atoms with van der Waals surface area (Å²) in [6.45, 7) is 0.397. The van der Waals surface area contributed by atoms with Crippen LogP contribution in [-0.2, 0) is 14.3 Å². The van der Waals surface area contributed by atoms with Crippen LogP contribution in [0.1, 0.15) is 28.7 Å². The molecule has 0 spiro atoms. The van der Waals surface area contributed by atoms with Crippen LogP contribution in [-0.4, -0.2) is 47.7 Å². The number of ether oxygens (including phenoxy) is 1. The highest BCUT2D eigenvalue weighted by Crippen LogP contribution is 2.44. The number of benzene rings is 3. The van der Waals surface area contributed by atoms with Gasteiger partial charge < -0.3 is 20.1 Å². The summed E-state index contributed by atoms with van der Waals surface area (Å²) in [4.78, 5) is 38.5. The summed E-state index contributed by atoms with van der Waals surface area (Å²) in [7, 11) is 0. The van der Waals surface area contributed by atoms with Crippen molar-refractivity contribution in [3.05, 3.63) is 95.6 Å². The molecule has 2 amide bonds. The Kier molecular flexibility index (Phi) is 5.76. The monoisotopic (exact) mass is 456 g/mol. The normalized spacial score (nSPS) is 15.6. The number of carbonyl (C=O) groups is 3. The molecule has 172 valence electrons. The largest absolute Gasteiger partial charge is 0.481 e. The fraction of sp³-hybridized carbons (Fsp3) is 0.222. The van der Waals surface area contributed by atoms with Crippen LogP contribution in [0.15, 0.2) is 78.9 Å². The molecule has 2 N–H and O–H groups in total. The maximum atomic E-state index is 13.1. The van der Waals surface area contributed by atoms with Gasteiger partial charge >= 0.3 is 12.1 Å². The van der Waals surface area contributed by atoms with Crippen molar-refractivity contribution < 1.29 is 24.2 Å². The minimum Gasteiger partial charge on any atom is -0.481 e. The van der Waals surface area contributed by atoms with Gasteiger partial charge in [-0.3, -0.25) is 9.59 Å². The van der Waals surface area contributed by atoms with E-state index < -0.39 is 24.0 Å². The smallest absolute Gasteiger partial charge is 0.408 e. The SMILES string of the molecule is O=C(NC(C(=O)N1CC(C(=O)O)C1)c1ccccc1)OCC1c2ccccc2-c2ccccc21. The number of carbonyl (C=O) groups excluding carboxylic acids is 2. The molecule has 1 aliphatic carbocycles. The molecule has 3 aromatic carbocycles. The lowest BCUT2D eigenvalue weighted by molar-refractivity contribution is -0.153. The van der Waals surface area contributed by atoms with Gasteiger partial charge in [0, 0.05) is 19.0 Å². The first-order valence-electron chi connectivity index (χ1n) is 11.2. The summed E-state index contributed by atoms with van der Waals surface area (Å²) in [5, 5.41) is 11.8. The van der Waals surface area contributed by atoms with Crippen molar-refractivity contribution >= 4 is 18.0 Å². The molecule has 0 saturated carbocycles. The molecule has 7 nitrogen and oxygen atoms in total. The van der Waals surface area contributed by atoms with Crippen LogP contribution in [0.5, 0.6) is 0 Å². The van der Waals surface area contributed by atoms with Gasteiger partial charge in [-0.25, -0.2) is 4.79 Å². The third kappa shape index (κ3) is 4.01. The van der Waals surface area contributed by atoms with Gasteiger partial charge in [0.05, 0.1) is 5.92 Å². The summed E-state index contributed by atoms with van der Waals surface area (Å²) in [5.41, 5.74) is 5.09. The van der Waals surface area contributed by atoms with E-state index in [0.717, 1.165) is 22.3 Å². The van der Waals surface area contributed by atoms with Gasteiger partial charge in [-0.05, 0) is 27.8 Å². The zero-order valence-electron chi connectivity index (χ0n) is 18.4. The molecular formula is C27H24N2O5. The zero-order valence-corrected chi connectivity index (χ0v) is 18.4. The van der Waals surface area contributed by atoms with Gasteiger partial charge in [0.2, 0.25) is 5.91 Å². The summed E-state index contributed by atoms with van der Waals surface area (Å²) in [6.07, 6.45) is -0.695. The number of alkyl carbamates (subject to hydrolysis) is 1. The van der Waals surface area contributed by atoms with Gasteiger partial charge in [0.1, 0.15) is 12.6 Å². The molecule has 1 unspecified atom stereocenters.